The molecule has 3 N–H and O–H groups in total. The largest absolute Gasteiger partial charge is 0.339 e. The number of H-pyrrole nitrogens is 1. The minimum atomic E-state index is -0.0580. The van der Waals surface area contributed by atoms with E-state index in [4.69, 9.17) is 5.73 Å². The molecule has 1 unspecified atom stereocenters. The van der Waals surface area contributed by atoms with Gasteiger partial charge < -0.3 is 10.7 Å². The Morgan fingerprint density at radius 2 is 2.42 bits per heavy atom. The number of nitrogens with zero attached hydrogens (tertiary/aromatic N) is 2. The Labute approximate surface area is 69.8 Å². The van der Waals surface area contributed by atoms with Crippen LogP contribution in [0.5, 0.6) is 0 Å². The number of nitrogens with two attached hydrogens (primary N) is 1. The topological polar surface area (TPSA) is 67.6 Å². The number of pyridine rings is 1. The normalized spacial score (nSPS) is 13.5. The van der Waals surface area contributed by atoms with E-state index in [2.05, 4.69) is 15.0 Å². The molecule has 0 aliphatic heterocycles. The van der Waals surface area contributed by atoms with Crippen LogP contribution in [0.4, 0.5) is 0 Å². The van der Waals surface area contributed by atoms with Gasteiger partial charge in [0.25, 0.3) is 0 Å². The fourth-order valence-electron chi connectivity index (χ4n) is 1.09. The lowest BCUT2D eigenvalue weighted by Crippen LogP contribution is -2.06. The molecule has 0 spiro atoms. The van der Waals surface area contributed by atoms with E-state index >= 15 is 0 Å². The van der Waals surface area contributed by atoms with Crippen LogP contribution >= 0.6 is 0 Å². The number of rotatable bonds is 1. The average Bonchev–Trinajstić information content (AvgIpc) is 2.46. The van der Waals surface area contributed by atoms with Crippen molar-refractivity contribution in [3.63, 3.8) is 0 Å². The molecular weight excluding hydrogens is 152 g/mol. The average molecular weight is 162 g/mol. The molecule has 2 aromatic rings. The number of imidazole rings is 1. The highest BCUT2D eigenvalue weighted by molar-refractivity contribution is 5.73. The van der Waals surface area contributed by atoms with Crippen molar-refractivity contribution >= 4 is 11.0 Å². The number of nitrogens with one attached hydrogen (secondary N) is 1. The van der Waals surface area contributed by atoms with Gasteiger partial charge in [0.2, 0.25) is 0 Å². The zero-order valence-corrected chi connectivity index (χ0v) is 6.78. The van der Waals surface area contributed by atoms with E-state index in [1.165, 1.54) is 0 Å². The highest BCUT2D eigenvalue weighted by Gasteiger charge is 2.04. The molecule has 4 nitrogen and oxygen atoms in total. The molecule has 0 saturated carbocycles. The molecule has 0 aromatic carbocycles. The molecule has 2 rings (SSSR count). The molecule has 12 heavy (non-hydrogen) atoms. The standard InChI is InChI=1S/C8H10N4/c1-5(9)8-11-6-2-3-10-4-7(6)12-8/h2-5H,9H2,1H3,(H,11,12). The molecule has 2 aromatic heterocycles. The Balaban J connectivity index is 2.62. The van der Waals surface area contributed by atoms with Gasteiger partial charge in [0.05, 0.1) is 23.3 Å². The molecule has 0 aliphatic rings. The number of fused-ring (bicyclic) bond motifs is 1. The summed E-state index contributed by atoms with van der Waals surface area (Å²) in [7, 11) is 0. The Morgan fingerprint density at radius 3 is 3.08 bits per heavy atom. The summed E-state index contributed by atoms with van der Waals surface area (Å²) in [4.78, 5) is 11.4. The van der Waals surface area contributed by atoms with Crippen molar-refractivity contribution in [1.29, 1.82) is 0 Å². The molecule has 4 heteroatoms. The summed E-state index contributed by atoms with van der Waals surface area (Å²) in [6, 6.07) is 1.80. The smallest absolute Gasteiger partial charge is 0.123 e. The molecule has 0 fully saturated rings. The number of hydrogen-bond acceptors (Lipinski definition) is 3. The summed E-state index contributed by atoms with van der Waals surface area (Å²) in [6.45, 7) is 1.89. The third-order valence-electron chi connectivity index (χ3n) is 1.73. The van der Waals surface area contributed by atoms with Crippen molar-refractivity contribution < 1.29 is 0 Å². The Bertz CT molecular complexity index is 358. The van der Waals surface area contributed by atoms with Crippen molar-refractivity contribution in [1.82, 2.24) is 15.0 Å². The highest BCUT2D eigenvalue weighted by atomic mass is 15.0. The minimum absolute atomic E-state index is 0.0580. The highest BCUT2D eigenvalue weighted by Crippen LogP contribution is 2.12. The van der Waals surface area contributed by atoms with E-state index in [-0.39, 0.29) is 6.04 Å². The second-order valence-corrected chi connectivity index (χ2v) is 2.80. The summed E-state index contributed by atoms with van der Waals surface area (Å²) >= 11 is 0. The first-order valence-corrected chi connectivity index (χ1v) is 3.82. The first kappa shape index (κ1) is 7.24. The summed E-state index contributed by atoms with van der Waals surface area (Å²) in [5.74, 6) is 0.804. The first-order valence-electron chi connectivity index (χ1n) is 3.82. The quantitative estimate of drug-likeness (QED) is 0.656. The van der Waals surface area contributed by atoms with Gasteiger partial charge in [0, 0.05) is 6.20 Å². The van der Waals surface area contributed by atoms with Crippen LogP contribution in [0.2, 0.25) is 0 Å². The maximum absolute atomic E-state index is 5.66. The molecule has 1 atom stereocenters. The van der Waals surface area contributed by atoms with E-state index < -0.39 is 0 Å². The predicted octanol–water partition coefficient (Wildman–Crippen LogP) is 0.978. The van der Waals surface area contributed by atoms with Gasteiger partial charge in [0.15, 0.2) is 0 Å². The van der Waals surface area contributed by atoms with Crippen molar-refractivity contribution in [3.8, 4) is 0 Å². The molecule has 0 amide bonds. The first-order chi connectivity index (χ1) is 5.77. The zero-order valence-electron chi connectivity index (χ0n) is 6.78. The van der Waals surface area contributed by atoms with E-state index in [9.17, 15) is 0 Å². The third-order valence-corrected chi connectivity index (χ3v) is 1.73. The third kappa shape index (κ3) is 1.06. The van der Waals surface area contributed by atoms with E-state index in [1.54, 1.807) is 12.4 Å². The van der Waals surface area contributed by atoms with Crippen LogP contribution in [0, 0.1) is 0 Å². The lowest BCUT2D eigenvalue weighted by atomic mass is 10.3. The minimum Gasteiger partial charge on any atom is -0.339 e. The summed E-state index contributed by atoms with van der Waals surface area (Å²) in [5, 5.41) is 0. The van der Waals surface area contributed by atoms with Gasteiger partial charge in [-0.1, -0.05) is 0 Å². The van der Waals surface area contributed by atoms with Gasteiger partial charge in [-0.15, -0.1) is 0 Å². The van der Waals surface area contributed by atoms with Gasteiger partial charge in [-0.05, 0) is 13.0 Å². The fraction of sp³-hybridized carbons (Fsp3) is 0.250. The van der Waals surface area contributed by atoms with Crippen LogP contribution in [0.25, 0.3) is 11.0 Å². The molecule has 62 valence electrons. The maximum Gasteiger partial charge on any atom is 0.123 e. The van der Waals surface area contributed by atoms with E-state index in [1.807, 2.05) is 13.0 Å². The van der Waals surface area contributed by atoms with Gasteiger partial charge >= 0.3 is 0 Å². The van der Waals surface area contributed by atoms with Crippen molar-refractivity contribution in [3.05, 3.63) is 24.3 Å². The summed E-state index contributed by atoms with van der Waals surface area (Å²) in [5.41, 5.74) is 7.51. The van der Waals surface area contributed by atoms with Crippen LogP contribution in [-0.4, -0.2) is 15.0 Å². The van der Waals surface area contributed by atoms with Crippen molar-refractivity contribution in [2.24, 2.45) is 5.73 Å². The Kier molecular flexibility index (Phi) is 1.55. The Hall–Kier alpha value is -1.42. The van der Waals surface area contributed by atoms with Crippen LogP contribution in [0.1, 0.15) is 18.8 Å². The van der Waals surface area contributed by atoms with Crippen LogP contribution in [-0.2, 0) is 0 Å². The molecule has 2 heterocycles. The second-order valence-electron chi connectivity index (χ2n) is 2.80. The van der Waals surface area contributed by atoms with Crippen LogP contribution in [0.15, 0.2) is 18.5 Å². The van der Waals surface area contributed by atoms with Gasteiger partial charge in [-0.3, -0.25) is 4.98 Å². The summed E-state index contributed by atoms with van der Waals surface area (Å²) in [6.07, 6.45) is 3.46. The van der Waals surface area contributed by atoms with Gasteiger partial charge in [-0.25, -0.2) is 4.98 Å². The number of hydrogen-bond donors (Lipinski definition) is 2. The molecule has 0 bridgehead atoms. The van der Waals surface area contributed by atoms with E-state index in [0.29, 0.717) is 0 Å². The van der Waals surface area contributed by atoms with Crippen LogP contribution in [0.3, 0.4) is 0 Å². The number of aromatic amines is 1. The second kappa shape index (κ2) is 2.57. The van der Waals surface area contributed by atoms with Crippen molar-refractivity contribution in [2.45, 2.75) is 13.0 Å². The monoisotopic (exact) mass is 162 g/mol. The fourth-order valence-corrected chi connectivity index (χ4v) is 1.09. The summed E-state index contributed by atoms with van der Waals surface area (Å²) < 4.78 is 0. The molecule has 0 radical (unpaired) electrons. The van der Waals surface area contributed by atoms with Gasteiger partial charge in [0.1, 0.15) is 5.82 Å². The molecule has 0 saturated heterocycles. The lowest BCUT2D eigenvalue weighted by Gasteiger charge is -1.96. The number of aromatic nitrogens is 3. The van der Waals surface area contributed by atoms with Gasteiger partial charge in [-0.2, -0.15) is 0 Å². The maximum atomic E-state index is 5.66. The van der Waals surface area contributed by atoms with Crippen molar-refractivity contribution in [2.75, 3.05) is 0 Å². The zero-order chi connectivity index (χ0) is 8.55. The van der Waals surface area contributed by atoms with Crippen LogP contribution < -0.4 is 5.73 Å². The molecular formula is C8H10N4. The Morgan fingerprint density at radius 1 is 1.58 bits per heavy atom. The van der Waals surface area contributed by atoms with E-state index in [0.717, 1.165) is 16.9 Å². The SMILES string of the molecule is CC(N)c1nc2ccncc2[nH]1. The predicted molar refractivity (Wildman–Crippen MR) is 46.5 cm³/mol. The molecule has 0 aliphatic carbocycles. The lowest BCUT2D eigenvalue weighted by molar-refractivity contribution is 0.760.